The van der Waals surface area contributed by atoms with Crippen molar-refractivity contribution in [3.63, 3.8) is 0 Å². The lowest BCUT2D eigenvalue weighted by atomic mass is 9.87. The molecule has 17 heavy (non-hydrogen) atoms. The van der Waals surface area contributed by atoms with Crippen LogP contribution in [0.2, 0.25) is 0 Å². The summed E-state index contributed by atoms with van der Waals surface area (Å²) in [6.45, 7) is 2.24. The van der Waals surface area contributed by atoms with Gasteiger partial charge in [0.05, 0.1) is 5.54 Å². The van der Waals surface area contributed by atoms with E-state index in [0.717, 1.165) is 6.42 Å². The third kappa shape index (κ3) is 1.58. The van der Waals surface area contributed by atoms with Gasteiger partial charge in [0.15, 0.2) is 0 Å². The highest BCUT2D eigenvalue weighted by molar-refractivity contribution is 5.47. The molecule has 1 saturated heterocycles. The van der Waals surface area contributed by atoms with Crippen molar-refractivity contribution in [2.24, 2.45) is 0 Å². The van der Waals surface area contributed by atoms with Crippen molar-refractivity contribution >= 4 is 0 Å². The molecular formula is C16H17N. The van der Waals surface area contributed by atoms with Crippen molar-refractivity contribution in [2.45, 2.75) is 24.9 Å². The van der Waals surface area contributed by atoms with Crippen molar-refractivity contribution in [1.82, 2.24) is 5.32 Å². The van der Waals surface area contributed by atoms with Crippen LogP contribution in [0.25, 0.3) is 0 Å². The Labute approximate surface area is 102 Å². The van der Waals surface area contributed by atoms with E-state index in [0.29, 0.717) is 6.04 Å². The molecule has 1 N–H and O–H groups in total. The molecule has 2 aromatic rings. The summed E-state index contributed by atoms with van der Waals surface area (Å²) in [6, 6.07) is 22.1. The number of rotatable bonds is 3. The second kappa shape index (κ2) is 4.01. The summed E-state index contributed by atoms with van der Waals surface area (Å²) in [7, 11) is 0. The van der Waals surface area contributed by atoms with Gasteiger partial charge in [0, 0.05) is 6.04 Å². The van der Waals surface area contributed by atoms with Crippen molar-refractivity contribution in [1.29, 1.82) is 0 Å². The Kier molecular flexibility index (Phi) is 2.49. The Morgan fingerprint density at radius 3 is 1.71 bits per heavy atom. The topological polar surface area (TPSA) is 21.9 Å². The first kappa shape index (κ1) is 10.5. The molecule has 1 fully saturated rings. The highest BCUT2D eigenvalue weighted by atomic mass is 15.2. The lowest BCUT2D eigenvalue weighted by Crippen LogP contribution is -2.16. The summed E-state index contributed by atoms with van der Waals surface area (Å²) in [6.07, 6.45) is 1.16. The standard InChI is InChI=1S/C16H17N/c1-2-15-16(17-15,13-9-5-3-6-10-13)14-11-7-4-8-12-14/h3-12,15,17H,2H2,1H3. The third-order valence-electron chi connectivity index (χ3n) is 3.71. The average molecular weight is 223 g/mol. The van der Waals surface area contributed by atoms with E-state index in [1.807, 2.05) is 0 Å². The lowest BCUT2D eigenvalue weighted by Gasteiger charge is -2.16. The van der Waals surface area contributed by atoms with Gasteiger partial charge in [-0.25, -0.2) is 0 Å². The van der Waals surface area contributed by atoms with Gasteiger partial charge in [0.1, 0.15) is 0 Å². The molecule has 1 aliphatic heterocycles. The zero-order valence-corrected chi connectivity index (χ0v) is 10.1. The van der Waals surface area contributed by atoms with E-state index < -0.39 is 0 Å². The van der Waals surface area contributed by atoms with Crippen LogP contribution in [-0.2, 0) is 5.54 Å². The fourth-order valence-electron chi connectivity index (χ4n) is 2.78. The Morgan fingerprint density at radius 1 is 0.882 bits per heavy atom. The van der Waals surface area contributed by atoms with Crippen LogP contribution in [-0.4, -0.2) is 6.04 Å². The van der Waals surface area contributed by atoms with Crippen LogP contribution >= 0.6 is 0 Å². The minimum Gasteiger partial charge on any atom is -0.297 e. The molecule has 1 unspecified atom stereocenters. The molecule has 1 heterocycles. The van der Waals surface area contributed by atoms with E-state index in [1.54, 1.807) is 0 Å². The van der Waals surface area contributed by atoms with Crippen molar-refractivity contribution in [3.8, 4) is 0 Å². The maximum absolute atomic E-state index is 3.66. The molecule has 3 rings (SSSR count). The van der Waals surface area contributed by atoms with Gasteiger partial charge < -0.3 is 0 Å². The van der Waals surface area contributed by atoms with Gasteiger partial charge in [-0.3, -0.25) is 5.32 Å². The molecule has 86 valence electrons. The van der Waals surface area contributed by atoms with Gasteiger partial charge in [-0.2, -0.15) is 0 Å². The zero-order chi connectivity index (χ0) is 11.7. The van der Waals surface area contributed by atoms with Crippen molar-refractivity contribution < 1.29 is 0 Å². The van der Waals surface area contributed by atoms with Crippen LogP contribution < -0.4 is 5.32 Å². The molecular weight excluding hydrogens is 206 g/mol. The largest absolute Gasteiger partial charge is 0.297 e. The van der Waals surface area contributed by atoms with E-state index >= 15 is 0 Å². The molecule has 0 aliphatic carbocycles. The monoisotopic (exact) mass is 223 g/mol. The molecule has 1 aliphatic rings. The third-order valence-corrected chi connectivity index (χ3v) is 3.71. The van der Waals surface area contributed by atoms with Gasteiger partial charge in [-0.1, -0.05) is 67.6 Å². The Bertz CT molecular complexity index is 450. The summed E-state index contributed by atoms with van der Waals surface area (Å²) in [4.78, 5) is 0. The molecule has 0 spiro atoms. The van der Waals surface area contributed by atoms with Gasteiger partial charge >= 0.3 is 0 Å². The van der Waals surface area contributed by atoms with E-state index in [-0.39, 0.29) is 5.54 Å². The van der Waals surface area contributed by atoms with Crippen LogP contribution in [0.1, 0.15) is 24.5 Å². The molecule has 1 heteroatoms. The number of hydrogen-bond acceptors (Lipinski definition) is 1. The van der Waals surface area contributed by atoms with Gasteiger partial charge in [-0.05, 0) is 17.5 Å². The van der Waals surface area contributed by atoms with Crippen molar-refractivity contribution in [3.05, 3.63) is 71.8 Å². The van der Waals surface area contributed by atoms with Crippen LogP contribution in [0.4, 0.5) is 0 Å². The Balaban J connectivity index is 2.08. The summed E-state index contributed by atoms with van der Waals surface area (Å²) >= 11 is 0. The second-order valence-corrected chi connectivity index (χ2v) is 4.65. The van der Waals surface area contributed by atoms with Crippen LogP contribution in [0, 0.1) is 0 Å². The highest BCUT2D eigenvalue weighted by Crippen LogP contribution is 2.45. The normalized spacial score (nSPS) is 21.1. The van der Waals surface area contributed by atoms with Crippen LogP contribution in [0.15, 0.2) is 60.7 Å². The van der Waals surface area contributed by atoms with Crippen molar-refractivity contribution in [2.75, 3.05) is 0 Å². The van der Waals surface area contributed by atoms with E-state index in [4.69, 9.17) is 0 Å². The molecule has 0 bridgehead atoms. The maximum atomic E-state index is 3.66. The first-order valence-corrected chi connectivity index (χ1v) is 6.26. The predicted molar refractivity (Wildman–Crippen MR) is 70.9 cm³/mol. The molecule has 2 aromatic carbocycles. The minimum atomic E-state index is 0.0528. The first-order chi connectivity index (χ1) is 8.38. The van der Waals surface area contributed by atoms with Crippen LogP contribution in [0.5, 0.6) is 0 Å². The predicted octanol–water partition coefficient (Wildman–Crippen LogP) is 3.31. The summed E-state index contributed by atoms with van der Waals surface area (Å²) in [5, 5.41) is 3.66. The second-order valence-electron chi connectivity index (χ2n) is 4.65. The molecule has 0 radical (unpaired) electrons. The number of hydrogen-bond donors (Lipinski definition) is 1. The van der Waals surface area contributed by atoms with E-state index in [9.17, 15) is 0 Å². The highest BCUT2D eigenvalue weighted by Gasteiger charge is 2.54. The molecule has 1 atom stereocenters. The lowest BCUT2D eigenvalue weighted by molar-refractivity contribution is 0.751. The number of nitrogens with one attached hydrogen (secondary N) is 1. The Hall–Kier alpha value is -1.60. The number of benzene rings is 2. The Morgan fingerprint density at radius 2 is 1.35 bits per heavy atom. The van der Waals surface area contributed by atoms with Gasteiger partial charge in [0.25, 0.3) is 0 Å². The summed E-state index contributed by atoms with van der Waals surface area (Å²) in [5.41, 5.74) is 2.80. The molecule has 0 aromatic heterocycles. The minimum absolute atomic E-state index is 0.0528. The first-order valence-electron chi connectivity index (χ1n) is 6.26. The van der Waals surface area contributed by atoms with Crippen LogP contribution in [0.3, 0.4) is 0 Å². The quantitative estimate of drug-likeness (QED) is 0.792. The summed E-state index contributed by atoms with van der Waals surface area (Å²) in [5.74, 6) is 0. The fraction of sp³-hybridized carbons (Fsp3) is 0.250. The molecule has 1 nitrogen and oxygen atoms in total. The smallest absolute Gasteiger partial charge is 0.0849 e. The van der Waals surface area contributed by atoms with Gasteiger partial charge in [0.2, 0.25) is 0 Å². The zero-order valence-electron chi connectivity index (χ0n) is 10.1. The fourth-order valence-corrected chi connectivity index (χ4v) is 2.78. The molecule has 0 saturated carbocycles. The average Bonchev–Trinajstić information content (AvgIpc) is 3.17. The molecule has 0 amide bonds. The van der Waals surface area contributed by atoms with E-state index in [1.165, 1.54) is 11.1 Å². The van der Waals surface area contributed by atoms with E-state index in [2.05, 4.69) is 72.9 Å². The SMILES string of the molecule is CCC1NC1(c1ccccc1)c1ccccc1. The van der Waals surface area contributed by atoms with Gasteiger partial charge in [-0.15, -0.1) is 0 Å². The summed E-state index contributed by atoms with van der Waals surface area (Å²) < 4.78 is 0. The maximum Gasteiger partial charge on any atom is 0.0849 e.